The number of aromatic nitrogens is 2. The van der Waals surface area contributed by atoms with Gasteiger partial charge in [0.15, 0.2) is 0 Å². The highest BCUT2D eigenvalue weighted by molar-refractivity contribution is 5.88. The number of nitrogens with one attached hydrogen (secondary N) is 1. The third-order valence-corrected chi connectivity index (χ3v) is 4.87. The number of likely N-dealkylation sites (tertiary alicyclic amines) is 1. The molecule has 0 saturated carbocycles. The van der Waals surface area contributed by atoms with Gasteiger partial charge in [0.1, 0.15) is 5.56 Å². The largest absolute Gasteiger partial charge is 0.478 e. The van der Waals surface area contributed by atoms with Crippen molar-refractivity contribution >= 4 is 5.97 Å². The minimum atomic E-state index is -0.885. The van der Waals surface area contributed by atoms with E-state index in [-0.39, 0.29) is 0 Å². The number of aryl methyl sites for hydroxylation is 1. The van der Waals surface area contributed by atoms with Crippen LogP contribution in [0.3, 0.4) is 0 Å². The first-order valence-corrected chi connectivity index (χ1v) is 7.85. The highest BCUT2D eigenvalue weighted by Gasteiger charge is 2.30. The molecule has 2 aliphatic rings. The van der Waals surface area contributed by atoms with Crippen LogP contribution in [0, 0.1) is 5.92 Å². The quantitative estimate of drug-likeness (QED) is 0.869. The molecule has 6 heteroatoms. The summed E-state index contributed by atoms with van der Waals surface area (Å²) < 4.78 is 1.70. The smallest absolute Gasteiger partial charge is 0.339 e. The summed E-state index contributed by atoms with van der Waals surface area (Å²) in [5, 5.41) is 17.0. The van der Waals surface area contributed by atoms with Crippen LogP contribution in [0.1, 0.15) is 41.7 Å². The van der Waals surface area contributed by atoms with Gasteiger partial charge in [-0.25, -0.2) is 4.79 Å². The molecule has 3 rings (SSSR count). The van der Waals surface area contributed by atoms with E-state index in [1.807, 2.05) is 7.05 Å². The Labute approximate surface area is 125 Å². The van der Waals surface area contributed by atoms with Crippen LogP contribution in [0.5, 0.6) is 0 Å². The molecular formula is C15H24N4O2. The summed E-state index contributed by atoms with van der Waals surface area (Å²) in [4.78, 5) is 13.7. The van der Waals surface area contributed by atoms with E-state index in [2.05, 4.69) is 15.3 Å². The second kappa shape index (κ2) is 6.15. The van der Waals surface area contributed by atoms with E-state index in [0.29, 0.717) is 24.1 Å². The van der Waals surface area contributed by atoms with Gasteiger partial charge in [-0.15, -0.1) is 0 Å². The second-order valence-electron chi connectivity index (χ2n) is 6.27. The Kier molecular flexibility index (Phi) is 4.26. The molecule has 116 valence electrons. The van der Waals surface area contributed by atoms with E-state index in [9.17, 15) is 9.90 Å². The molecule has 6 nitrogen and oxygen atoms in total. The molecule has 1 aromatic rings. The van der Waals surface area contributed by atoms with Crippen molar-refractivity contribution in [2.45, 2.75) is 38.3 Å². The molecule has 0 bridgehead atoms. The van der Waals surface area contributed by atoms with Gasteiger partial charge in [0, 0.05) is 26.2 Å². The van der Waals surface area contributed by atoms with Crippen LogP contribution in [-0.4, -0.2) is 51.4 Å². The van der Waals surface area contributed by atoms with Crippen LogP contribution < -0.4 is 5.32 Å². The van der Waals surface area contributed by atoms with Crippen molar-refractivity contribution in [2.24, 2.45) is 13.0 Å². The number of carbonyl (C=O) groups is 1. The van der Waals surface area contributed by atoms with E-state index >= 15 is 0 Å². The Hall–Kier alpha value is -1.40. The lowest BCUT2D eigenvalue weighted by Crippen LogP contribution is -2.43. The van der Waals surface area contributed by atoms with E-state index in [1.165, 1.54) is 31.9 Å². The fourth-order valence-corrected chi connectivity index (χ4v) is 3.72. The number of piperidine rings is 1. The molecule has 0 aromatic carbocycles. The molecule has 21 heavy (non-hydrogen) atoms. The zero-order valence-electron chi connectivity index (χ0n) is 12.6. The summed E-state index contributed by atoms with van der Waals surface area (Å²) in [5.74, 6) is -0.188. The third kappa shape index (κ3) is 3.11. The zero-order valence-corrected chi connectivity index (χ0v) is 12.6. The zero-order chi connectivity index (χ0) is 14.8. The SMILES string of the molecule is Cn1ncc(C(=O)O)c1CN1CCCC(C2CCCN2)C1. The van der Waals surface area contributed by atoms with Crippen molar-refractivity contribution in [1.29, 1.82) is 0 Å². The van der Waals surface area contributed by atoms with Crippen molar-refractivity contribution in [2.75, 3.05) is 19.6 Å². The summed E-state index contributed by atoms with van der Waals surface area (Å²) in [7, 11) is 1.82. The van der Waals surface area contributed by atoms with Gasteiger partial charge in [0.2, 0.25) is 0 Å². The first-order valence-electron chi connectivity index (χ1n) is 7.85. The highest BCUT2D eigenvalue weighted by atomic mass is 16.4. The Morgan fingerprint density at radius 1 is 1.48 bits per heavy atom. The number of hydrogen-bond donors (Lipinski definition) is 2. The lowest BCUT2D eigenvalue weighted by Gasteiger charge is -2.35. The van der Waals surface area contributed by atoms with Crippen LogP contribution in [0.15, 0.2) is 6.20 Å². The molecule has 2 N–H and O–H groups in total. The molecule has 0 radical (unpaired) electrons. The maximum absolute atomic E-state index is 11.3. The topological polar surface area (TPSA) is 70.4 Å². The predicted molar refractivity (Wildman–Crippen MR) is 79.2 cm³/mol. The minimum absolute atomic E-state index is 0.332. The number of nitrogens with zero attached hydrogens (tertiary/aromatic N) is 3. The van der Waals surface area contributed by atoms with Crippen molar-refractivity contribution in [3.05, 3.63) is 17.5 Å². The Morgan fingerprint density at radius 2 is 2.33 bits per heavy atom. The Balaban J connectivity index is 1.67. The van der Waals surface area contributed by atoms with Crippen LogP contribution in [0.2, 0.25) is 0 Å². The maximum Gasteiger partial charge on any atom is 0.339 e. The maximum atomic E-state index is 11.3. The number of rotatable bonds is 4. The monoisotopic (exact) mass is 292 g/mol. The van der Waals surface area contributed by atoms with Gasteiger partial charge in [-0.05, 0) is 44.7 Å². The van der Waals surface area contributed by atoms with E-state index in [1.54, 1.807) is 4.68 Å². The lowest BCUT2D eigenvalue weighted by atomic mass is 9.89. The second-order valence-corrected chi connectivity index (χ2v) is 6.27. The van der Waals surface area contributed by atoms with Gasteiger partial charge in [-0.2, -0.15) is 5.10 Å². The normalized spacial score (nSPS) is 27.1. The number of carboxylic acids is 1. The molecule has 2 atom stereocenters. The van der Waals surface area contributed by atoms with E-state index in [4.69, 9.17) is 0 Å². The van der Waals surface area contributed by atoms with Crippen molar-refractivity contribution in [3.8, 4) is 0 Å². The minimum Gasteiger partial charge on any atom is -0.478 e. The molecular weight excluding hydrogens is 268 g/mol. The van der Waals surface area contributed by atoms with Crippen molar-refractivity contribution < 1.29 is 9.90 Å². The van der Waals surface area contributed by atoms with Crippen molar-refractivity contribution in [1.82, 2.24) is 20.0 Å². The number of carboxylic acid groups (broad SMARTS) is 1. The first-order chi connectivity index (χ1) is 10.1. The molecule has 2 fully saturated rings. The van der Waals surface area contributed by atoms with Gasteiger partial charge in [0.25, 0.3) is 0 Å². The van der Waals surface area contributed by atoms with Crippen molar-refractivity contribution in [3.63, 3.8) is 0 Å². The van der Waals surface area contributed by atoms with Crippen LogP contribution in [0.25, 0.3) is 0 Å². The molecule has 1 aromatic heterocycles. The fourth-order valence-electron chi connectivity index (χ4n) is 3.72. The Morgan fingerprint density at radius 3 is 3.05 bits per heavy atom. The van der Waals surface area contributed by atoms with Gasteiger partial charge in [-0.3, -0.25) is 9.58 Å². The van der Waals surface area contributed by atoms with Gasteiger partial charge < -0.3 is 10.4 Å². The molecule has 3 heterocycles. The summed E-state index contributed by atoms with van der Waals surface area (Å²) in [5.41, 5.74) is 1.14. The van der Waals surface area contributed by atoms with Gasteiger partial charge >= 0.3 is 5.97 Å². The summed E-state index contributed by atoms with van der Waals surface area (Å²) in [6, 6.07) is 0.651. The summed E-state index contributed by atoms with van der Waals surface area (Å²) in [6.07, 6.45) is 6.50. The standard InChI is InChI=1S/C15H24N4O2/c1-18-14(12(8-17-18)15(20)21)10-19-7-3-4-11(9-19)13-5-2-6-16-13/h8,11,13,16H,2-7,9-10H2,1H3,(H,20,21). The van der Waals surface area contributed by atoms with Crippen LogP contribution in [0.4, 0.5) is 0 Å². The average Bonchev–Trinajstić information content (AvgIpc) is 3.10. The average molecular weight is 292 g/mol. The molecule has 0 spiro atoms. The molecule has 2 aliphatic heterocycles. The van der Waals surface area contributed by atoms with E-state index in [0.717, 1.165) is 25.3 Å². The van der Waals surface area contributed by atoms with Gasteiger partial charge in [0.05, 0.1) is 11.9 Å². The summed E-state index contributed by atoms with van der Waals surface area (Å²) >= 11 is 0. The van der Waals surface area contributed by atoms with Gasteiger partial charge in [-0.1, -0.05) is 0 Å². The number of hydrogen-bond acceptors (Lipinski definition) is 4. The predicted octanol–water partition coefficient (Wildman–Crippen LogP) is 1.08. The molecule has 2 saturated heterocycles. The van der Waals surface area contributed by atoms with E-state index < -0.39 is 5.97 Å². The van der Waals surface area contributed by atoms with Crippen LogP contribution in [-0.2, 0) is 13.6 Å². The lowest BCUT2D eigenvalue weighted by molar-refractivity contribution is 0.0692. The number of aromatic carboxylic acids is 1. The third-order valence-electron chi connectivity index (χ3n) is 4.87. The highest BCUT2D eigenvalue weighted by Crippen LogP contribution is 2.26. The Bertz CT molecular complexity index is 508. The fraction of sp³-hybridized carbons (Fsp3) is 0.733. The molecule has 0 amide bonds. The molecule has 0 aliphatic carbocycles. The first kappa shape index (κ1) is 14.5. The van der Waals surface area contributed by atoms with Crippen LogP contribution >= 0.6 is 0 Å². The molecule has 2 unspecified atom stereocenters. The summed E-state index contributed by atoms with van der Waals surface area (Å²) in [6.45, 7) is 3.93.